The highest BCUT2D eigenvalue weighted by molar-refractivity contribution is 7.92. The standard InChI is InChI=1S/C35H29F3N4O7S/c1-20(43)48-18-23-19-50(47)33-29(41-28(44)17-40-26-14-15-39-27-16-24(35(36,37)38)12-13-25(26)27)32(45)42(33)30(23)34(46)49-31(21-8-4-2-5-9-21)22-10-6-3-7-11-22/h2-16,29,31,33H,17-19H2,1H3,(H,39,40)(H,41,44)/t29-,33-,50?/m1/s1. The molecule has 258 valence electrons. The molecule has 1 saturated heterocycles. The van der Waals surface area contributed by atoms with Gasteiger partial charge in [0.15, 0.2) is 12.1 Å². The van der Waals surface area contributed by atoms with Crippen LogP contribution in [-0.2, 0) is 46.0 Å². The Morgan fingerprint density at radius 2 is 1.68 bits per heavy atom. The van der Waals surface area contributed by atoms with E-state index in [1.807, 2.05) is 12.1 Å². The molecule has 0 saturated carbocycles. The van der Waals surface area contributed by atoms with Crippen molar-refractivity contribution in [3.8, 4) is 0 Å². The zero-order valence-electron chi connectivity index (χ0n) is 26.3. The van der Waals surface area contributed by atoms with E-state index in [1.54, 1.807) is 48.5 Å². The second-order valence-electron chi connectivity index (χ2n) is 11.4. The number of carbonyl (C=O) groups excluding carboxylic acids is 4. The molecule has 4 aromatic rings. The van der Waals surface area contributed by atoms with Gasteiger partial charge in [-0.25, -0.2) is 4.79 Å². The van der Waals surface area contributed by atoms with Crippen LogP contribution in [0, 0.1) is 0 Å². The number of rotatable bonds is 10. The maximum absolute atomic E-state index is 13.9. The number of carbonyl (C=O) groups is 4. The monoisotopic (exact) mass is 706 g/mol. The summed E-state index contributed by atoms with van der Waals surface area (Å²) in [5.74, 6) is -3.21. The van der Waals surface area contributed by atoms with Gasteiger partial charge in [-0.15, -0.1) is 0 Å². The largest absolute Gasteiger partial charge is 0.614 e. The third-order valence-corrected chi connectivity index (χ3v) is 9.76. The molecule has 15 heteroatoms. The van der Waals surface area contributed by atoms with E-state index in [-0.39, 0.29) is 29.1 Å². The van der Waals surface area contributed by atoms with E-state index in [2.05, 4.69) is 15.6 Å². The number of fused-ring (bicyclic) bond motifs is 2. The molecule has 0 spiro atoms. The molecule has 2 aliphatic heterocycles. The number of halogens is 3. The Morgan fingerprint density at radius 3 is 2.30 bits per heavy atom. The normalized spacial score (nSPS) is 18.7. The summed E-state index contributed by atoms with van der Waals surface area (Å²) in [5, 5.41) is 4.61. The summed E-state index contributed by atoms with van der Waals surface area (Å²) in [5.41, 5.74) is 0.729. The van der Waals surface area contributed by atoms with Gasteiger partial charge >= 0.3 is 18.1 Å². The number of alkyl halides is 3. The Labute approximate surface area is 286 Å². The van der Waals surface area contributed by atoms with Gasteiger partial charge in [0.2, 0.25) is 11.3 Å². The van der Waals surface area contributed by atoms with Gasteiger partial charge < -0.3 is 24.7 Å². The predicted octanol–water partition coefficient (Wildman–Crippen LogP) is 4.23. The molecule has 6 rings (SSSR count). The number of esters is 2. The summed E-state index contributed by atoms with van der Waals surface area (Å²) >= 11 is -1.82. The second kappa shape index (κ2) is 14.2. The summed E-state index contributed by atoms with van der Waals surface area (Å²) < 4.78 is 64.1. The second-order valence-corrected chi connectivity index (χ2v) is 13.0. The quantitative estimate of drug-likeness (QED) is 0.140. The average molecular weight is 707 g/mol. The van der Waals surface area contributed by atoms with Gasteiger partial charge in [-0.2, -0.15) is 13.2 Å². The van der Waals surface area contributed by atoms with E-state index in [4.69, 9.17) is 9.47 Å². The third-order valence-electron chi connectivity index (χ3n) is 8.10. The number of hydrogen-bond donors (Lipinski definition) is 2. The molecule has 3 heterocycles. The van der Waals surface area contributed by atoms with Gasteiger partial charge in [-0.3, -0.25) is 24.3 Å². The topological polar surface area (TPSA) is 150 Å². The van der Waals surface area contributed by atoms with E-state index < -0.39 is 70.8 Å². The van der Waals surface area contributed by atoms with Crippen LogP contribution < -0.4 is 10.6 Å². The molecule has 0 bridgehead atoms. The van der Waals surface area contributed by atoms with Gasteiger partial charge in [0, 0.05) is 29.8 Å². The van der Waals surface area contributed by atoms with Crippen LogP contribution >= 0.6 is 0 Å². The zero-order valence-corrected chi connectivity index (χ0v) is 27.1. The summed E-state index contributed by atoms with van der Waals surface area (Å²) in [6, 6.07) is 21.1. The number of anilines is 1. The Balaban J connectivity index is 1.20. The fourth-order valence-electron chi connectivity index (χ4n) is 5.77. The summed E-state index contributed by atoms with van der Waals surface area (Å²) in [7, 11) is 0. The molecule has 1 aromatic heterocycles. The Morgan fingerprint density at radius 1 is 1.02 bits per heavy atom. The fourth-order valence-corrected chi connectivity index (χ4v) is 7.43. The smallest absolute Gasteiger partial charge is 0.416 e. The Hall–Kier alpha value is -5.41. The van der Waals surface area contributed by atoms with E-state index in [9.17, 15) is 36.9 Å². The van der Waals surface area contributed by atoms with Crippen molar-refractivity contribution in [2.75, 3.05) is 24.2 Å². The van der Waals surface area contributed by atoms with E-state index in [0.717, 1.165) is 17.0 Å². The summed E-state index contributed by atoms with van der Waals surface area (Å²) in [4.78, 5) is 57.2. The first kappa shape index (κ1) is 34.5. The number of aromatic nitrogens is 1. The summed E-state index contributed by atoms with van der Waals surface area (Å²) in [6.07, 6.45) is -4.14. The average Bonchev–Trinajstić information content (AvgIpc) is 3.10. The van der Waals surface area contributed by atoms with Crippen LogP contribution in [0.15, 0.2) is 102 Å². The molecule has 1 fully saturated rings. The van der Waals surface area contributed by atoms with Crippen molar-refractivity contribution in [1.82, 2.24) is 15.2 Å². The number of ether oxygens (including phenoxy) is 2. The molecule has 50 heavy (non-hydrogen) atoms. The number of β-lactam (4-membered cyclic amide) rings is 1. The highest BCUT2D eigenvalue weighted by atomic mass is 32.2. The summed E-state index contributed by atoms with van der Waals surface area (Å²) in [6.45, 7) is 0.376. The molecule has 2 N–H and O–H groups in total. The third kappa shape index (κ3) is 7.14. The van der Waals surface area contributed by atoms with Crippen LogP contribution in [0.1, 0.15) is 29.7 Å². The highest BCUT2D eigenvalue weighted by Gasteiger charge is 2.61. The number of amides is 2. The molecular weight excluding hydrogens is 677 g/mol. The van der Waals surface area contributed by atoms with Crippen LogP contribution in [0.2, 0.25) is 0 Å². The molecule has 0 aliphatic carbocycles. The zero-order chi connectivity index (χ0) is 35.6. The SMILES string of the molecule is CC(=O)OCC1=C(C(=O)OC(c2ccccc2)c2ccccc2)N2C(=O)[C@@H](NC(=O)CNc3ccnc4cc(C(F)(F)F)ccc34)[C@H]2[S+]([O-])C1. The molecule has 11 nitrogen and oxygen atoms in total. The number of benzene rings is 3. The van der Waals surface area contributed by atoms with E-state index >= 15 is 0 Å². The van der Waals surface area contributed by atoms with Crippen molar-refractivity contribution in [3.05, 3.63) is 119 Å². The lowest BCUT2D eigenvalue weighted by Gasteiger charge is -2.49. The molecule has 2 amide bonds. The van der Waals surface area contributed by atoms with Gasteiger partial charge in [0.1, 0.15) is 18.1 Å². The molecule has 1 unspecified atom stereocenters. The van der Waals surface area contributed by atoms with Crippen LogP contribution in [0.3, 0.4) is 0 Å². The minimum atomic E-state index is -4.56. The van der Waals surface area contributed by atoms with Crippen LogP contribution in [0.4, 0.5) is 18.9 Å². The van der Waals surface area contributed by atoms with Crippen molar-refractivity contribution in [2.24, 2.45) is 0 Å². The minimum absolute atomic E-state index is 0.0603. The predicted molar refractivity (Wildman–Crippen MR) is 175 cm³/mol. The van der Waals surface area contributed by atoms with E-state index in [0.29, 0.717) is 22.2 Å². The maximum atomic E-state index is 13.9. The highest BCUT2D eigenvalue weighted by Crippen LogP contribution is 2.39. The maximum Gasteiger partial charge on any atom is 0.416 e. The first-order chi connectivity index (χ1) is 23.9. The molecule has 3 aromatic carbocycles. The lowest BCUT2D eigenvalue weighted by molar-refractivity contribution is -0.155. The van der Waals surface area contributed by atoms with Crippen molar-refractivity contribution < 1.29 is 46.4 Å². The molecule has 2 aliphatic rings. The fraction of sp³-hybridized carbons (Fsp3) is 0.229. The number of hydrogen-bond acceptors (Lipinski definition) is 9. The molecule has 0 radical (unpaired) electrons. The van der Waals surface area contributed by atoms with Crippen molar-refractivity contribution >= 4 is 51.5 Å². The lowest BCUT2D eigenvalue weighted by Crippen LogP contribution is -2.75. The van der Waals surface area contributed by atoms with Gasteiger partial charge in [-0.05, 0) is 40.5 Å². The minimum Gasteiger partial charge on any atom is -0.614 e. The number of nitrogens with zero attached hydrogens (tertiary/aromatic N) is 2. The molecule has 3 atom stereocenters. The van der Waals surface area contributed by atoms with Crippen molar-refractivity contribution in [3.63, 3.8) is 0 Å². The first-order valence-corrected chi connectivity index (χ1v) is 16.7. The van der Waals surface area contributed by atoms with E-state index in [1.165, 1.54) is 25.3 Å². The van der Waals surface area contributed by atoms with Crippen molar-refractivity contribution in [1.29, 1.82) is 0 Å². The first-order valence-electron chi connectivity index (χ1n) is 15.3. The lowest BCUT2D eigenvalue weighted by atomic mass is 10.0. The molecular formula is C35H29F3N4O7S. The van der Waals surface area contributed by atoms with Gasteiger partial charge in [0.25, 0.3) is 5.91 Å². The van der Waals surface area contributed by atoms with Gasteiger partial charge in [-0.1, -0.05) is 66.7 Å². The Kier molecular flexibility index (Phi) is 9.79. The van der Waals surface area contributed by atoms with Crippen LogP contribution in [0.25, 0.3) is 10.9 Å². The van der Waals surface area contributed by atoms with Crippen LogP contribution in [0.5, 0.6) is 0 Å². The van der Waals surface area contributed by atoms with Gasteiger partial charge in [0.05, 0.1) is 17.6 Å². The number of pyridine rings is 1. The van der Waals surface area contributed by atoms with Crippen LogP contribution in [-0.4, -0.2) is 68.5 Å². The Bertz CT molecular complexity index is 1940. The number of nitrogens with one attached hydrogen (secondary N) is 2. The van der Waals surface area contributed by atoms with Crippen molar-refractivity contribution in [2.45, 2.75) is 30.6 Å².